The van der Waals surface area contributed by atoms with Crippen LogP contribution < -0.4 is 0 Å². The van der Waals surface area contributed by atoms with Gasteiger partial charge >= 0.3 is 0 Å². The highest BCUT2D eigenvalue weighted by atomic mass is 16.5. The van der Waals surface area contributed by atoms with E-state index in [0.29, 0.717) is 18.4 Å². The second-order valence-corrected chi connectivity index (χ2v) is 4.44. The highest BCUT2D eigenvalue weighted by Gasteiger charge is 2.23. The number of aromatic amines is 1. The van der Waals surface area contributed by atoms with Gasteiger partial charge in [-0.05, 0) is 24.8 Å². The first-order chi connectivity index (χ1) is 8.86. The SMILES string of the molecule is CCc1nnc(CO[C@H]2CCCc3cn[nH]c32)o1. The van der Waals surface area contributed by atoms with Crippen LogP contribution in [-0.4, -0.2) is 20.4 Å². The molecule has 6 heteroatoms. The van der Waals surface area contributed by atoms with Crippen LogP contribution >= 0.6 is 0 Å². The van der Waals surface area contributed by atoms with E-state index in [-0.39, 0.29) is 6.10 Å². The van der Waals surface area contributed by atoms with Crippen molar-refractivity contribution in [1.29, 1.82) is 0 Å². The highest BCUT2D eigenvalue weighted by molar-refractivity contribution is 5.21. The molecule has 0 fully saturated rings. The van der Waals surface area contributed by atoms with Gasteiger partial charge < -0.3 is 9.15 Å². The zero-order valence-electron chi connectivity index (χ0n) is 10.3. The zero-order chi connectivity index (χ0) is 12.4. The number of H-pyrrole nitrogens is 1. The molecule has 0 spiro atoms. The molecule has 1 aliphatic carbocycles. The number of ether oxygens (including phenoxy) is 1. The van der Waals surface area contributed by atoms with Crippen LogP contribution in [0, 0.1) is 0 Å². The fourth-order valence-electron chi connectivity index (χ4n) is 2.25. The van der Waals surface area contributed by atoms with E-state index in [2.05, 4.69) is 20.4 Å². The number of fused-ring (bicyclic) bond motifs is 1. The van der Waals surface area contributed by atoms with Gasteiger partial charge in [0.15, 0.2) is 0 Å². The van der Waals surface area contributed by atoms with Gasteiger partial charge in [0.25, 0.3) is 0 Å². The number of aryl methyl sites for hydroxylation is 2. The Morgan fingerprint density at radius 2 is 2.33 bits per heavy atom. The lowest BCUT2D eigenvalue weighted by Gasteiger charge is -2.21. The van der Waals surface area contributed by atoms with Crippen LogP contribution in [0.2, 0.25) is 0 Å². The summed E-state index contributed by atoms with van der Waals surface area (Å²) in [5, 5.41) is 15.0. The Bertz CT molecular complexity index is 520. The smallest absolute Gasteiger partial charge is 0.242 e. The van der Waals surface area contributed by atoms with E-state index in [1.165, 1.54) is 5.56 Å². The highest BCUT2D eigenvalue weighted by Crippen LogP contribution is 2.31. The zero-order valence-corrected chi connectivity index (χ0v) is 10.3. The van der Waals surface area contributed by atoms with Gasteiger partial charge in [-0.3, -0.25) is 5.10 Å². The molecule has 1 atom stereocenters. The van der Waals surface area contributed by atoms with Crippen molar-refractivity contribution in [3.8, 4) is 0 Å². The minimum Gasteiger partial charge on any atom is -0.423 e. The van der Waals surface area contributed by atoms with Crippen molar-refractivity contribution >= 4 is 0 Å². The van der Waals surface area contributed by atoms with Crippen molar-refractivity contribution in [3.05, 3.63) is 29.2 Å². The minimum atomic E-state index is 0.0632. The topological polar surface area (TPSA) is 76.8 Å². The molecule has 0 saturated carbocycles. The molecule has 0 unspecified atom stereocenters. The van der Waals surface area contributed by atoms with E-state index in [0.717, 1.165) is 31.4 Å². The Labute approximate surface area is 105 Å². The van der Waals surface area contributed by atoms with Gasteiger partial charge in [-0.15, -0.1) is 10.2 Å². The Hall–Kier alpha value is -1.69. The molecule has 1 N–H and O–H groups in total. The molecule has 18 heavy (non-hydrogen) atoms. The van der Waals surface area contributed by atoms with Crippen LogP contribution in [0.3, 0.4) is 0 Å². The summed E-state index contributed by atoms with van der Waals surface area (Å²) >= 11 is 0. The molecule has 0 aliphatic heterocycles. The Balaban J connectivity index is 1.64. The summed E-state index contributed by atoms with van der Waals surface area (Å²) < 4.78 is 11.3. The molecule has 6 nitrogen and oxygen atoms in total. The van der Waals surface area contributed by atoms with Gasteiger partial charge in [0.05, 0.1) is 18.0 Å². The number of nitrogens with zero attached hydrogens (tertiary/aromatic N) is 3. The predicted octanol–water partition coefficient (Wildman–Crippen LogP) is 1.95. The molecule has 2 aromatic heterocycles. The molecule has 0 saturated heterocycles. The average Bonchev–Trinajstić information content (AvgIpc) is 3.05. The van der Waals surface area contributed by atoms with E-state index < -0.39 is 0 Å². The van der Waals surface area contributed by atoms with Gasteiger partial charge in [0.2, 0.25) is 11.8 Å². The summed E-state index contributed by atoms with van der Waals surface area (Å²) in [5.41, 5.74) is 2.35. The van der Waals surface area contributed by atoms with Crippen molar-refractivity contribution in [2.45, 2.75) is 45.3 Å². The van der Waals surface area contributed by atoms with Crippen LogP contribution in [0.15, 0.2) is 10.6 Å². The summed E-state index contributed by atoms with van der Waals surface area (Å²) in [6, 6.07) is 0. The van der Waals surface area contributed by atoms with Crippen molar-refractivity contribution in [2.75, 3.05) is 0 Å². The second kappa shape index (κ2) is 4.89. The number of aromatic nitrogens is 4. The van der Waals surface area contributed by atoms with E-state index in [4.69, 9.17) is 9.15 Å². The molecule has 0 amide bonds. The lowest BCUT2D eigenvalue weighted by molar-refractivity contribution is 0.0139. The maximum Gasteiger partial charge on any atom is 0.242 e. The normalized spacial score (nSPS) is 18.8. The van der Waals surface area contributed by atoms with Gasteiger partial charge in [-0.2, -0.15) is 5.10 Å². The lowest BCUT2D eigenvalue weighted by atomic mass is 9.96. The fourth-order valence-corrected chi connectivity index (χ4v) is 2.25. The molecule has 0 radical (unpaired) electrons. The van der Waals surface area contributed by atoms with Crippen LogP contribution in [0.5, 0.6) is 0 Å². The van der Waals surface area contributed by atoms with Crippen LogP contribution in [0.25, 0.3) is 0 Å². The first-order valence-electron chi connectivity index (χ1n) is 6.32. The summed E-state index contributed by atoms with van der Waals surface area (Å²) in [6.07, 6.45) is 5.90. The molecule has 1 aliphatic rings. The number of hydrogen-bond donors (Lipinski definition) is 1. The lowest BCUT2D eigenvalue weighted by Crippen LogP contribution is -2.12. The number of nitrogens with one attached hydrogen (secondary N) is 1. The largest absolute Gasteiger partial charge is 0.423 e. The molecule has 96 valence electrons. The van der Waals surface area contributed by atoms with Crippen molar-refractivity contribution < 1.29 is 9.15 Å². The fraction of sp³-hybridized carbons (Fsp3) is 0.583. The first-order valence-corrected chi connectivity index (χ1v) is 6.32. The molecule has 2 aromatic rings. The van der Waals surface area contributed by atoms with Crippen molar-refractivity contribution in [1.82, 2.24) is 20.4 Å². The minimum absolute atomic E-state index is 0.0632. The maximum absolute atomic E-state index is 5.84. The standard InChI is InChI=1S/C12H16N4O2/c1-2-10-14-15-11(18-10)7-17-9-5-3-4-8-6-13-16-12(8)9/h6,9H,2-5,7H2,1H3,(H,13,16)/t9-/m0/s1. The Kier molecular flexibility index (Phi) is 3.10. The Morgan fingerprint density at radius 3 is 3.17 bits per heavy atom. The van der Waals surface area contributed by atoms with Gasteiger partial charge in [0.1, 0.15) is 6.61 Å². The summed E-state index contributed by atoms with van der Waals surface area (Å²) in [5.74, 6) is 1.19. The van der Waals surface area contributed by atoms with E-state index in [1.54, 1.807) is 0 Å². The summed E-state index contributed by atoms with van der Waals surface area (Å²) in [4.78, 5) is 0. The molecular weight excluding hydrogens is 232 g/mol. The second-order valence-electron chi connectivity index (χ2n) is 4.44. The van der Waals surface area contributed by atoms with Gasteiger partial charge in [-0.25, -0.2) is 0 Å². The van der Waals surface area contributed by atoms with E-state index in [1.807, 2.05) is 13.1 Å². The molecule has 3 rings (SSSR count). The third-order valence-electron chi connectivity index (χ3n) is 3.20. The summed E-state index contributed by atoms with van der Waals surface area (Å²) in [6.45, 7) is 2.34. The predicted molar refractivity (Wildman–Crippen MR) is 62.7 cm³/mol. The van der Waals surface area contributed by atoms with Crippen LogP contribution in [-0.2, 0) is 24.2 Å². The monoisotopic (exact) mass is 248 g/mol. The maximum atomic E-state index is 5.84. The van der Waals surface area contributed by atoms with Crippen molar-refractivity contribution in [3.63, 3.8) is 0 Å². The Morgan fingerprint density at radius 1 is 1.44 bits per heavy atom. The number of rotatable bonds is 4. The third-order valence-corrected chi connectivity index (χ3v) is 3.20. The van der Waals surface area contributed by atoms with Crippen molar-refractivity contribution in [2.24, 2.45) is 0 Å². The first kappa shape index (κ1) is 11.4. The van der Waals surface area contributed by atoms with Gasteiger partial charge in [0, 0.05) is 6.42 Å². The van der Waals surface area contributed by atoms with Crippen LogP contribution in [0.1, 0.15) is 48.9 Å². The van der Waals surface area contributed by atoms with Crippen LogP contribution in [0.4, 0.5) is 0 Å². The average molecular weight is 248 g/mol. The number of hydrogen-bond acceptors (Lipinski definition) is 5. The summed E-state index contributed by atoms with van der Waals surface area (Å²) in [7, 11) is 0. The molecular formula is C12H16N4O2. The van der Waals surface area contributed by atoms with Gasteiger partial charge in [-0.1, -0.05) is 6.92 Å². The van der Waals surface area contributed by atoms with E-state index in [9.17, 15) is 0 Å². The van der Waals surface area contributed by atoms with E-state index >= 15 is 0 Å². The molecule has 0 bridgehead atoms. The quantitative estimate of drug-likeness (QED) is 0.894. The third kappa shape index (κ3) is 2.15. The molecule has 0 aromatic carbocycles. The molecule has 2 heterocycles.